The zero-order valence-electron chi connectivity index (χ0n) is 11.0. The number of rotatable bonds is 3. The Morgan fingerprint density at radius 3 is 2.79 bits per heavy atom. The summed E-state index contributed by atoms with van der Waals surface area (Å²) in [5.41, 5.74) is 2.81. The van der Waals surface area contributed by atoms with Crippen LogP contribution in [0.15, 0.2) is 27.2 Å². The zero-order chi connectivity index (χ0) is 14.0. The van der Waals surface area contributed by atoms with Crippen molar-refractivity contribution in [2.45, 2.75) is 20.8 Å². The van der Waals surface area contributed by atoms with E-state index >= 15 is 0 Å². The van der Waals surface area contributed by atoms with Crippen molar-refractivity contribution in [3.63, 3.8) is 0 Å². The number of benzene rings is 1. The van der Waals surface area contributed by atoms with Crippen LogP contribution in [-0.2, 0) is 4.74 Å². The van der Waals surface area contributed by atoms with Gasteiger partial charge in [0, 0.05) is 10.0 Å². The number of nitrogens with zero attached hydrogens (tertiary/aromatic N) is 1. The maximum Gasteiger partial charge on any atom is 0.344 e. The van der Waals surface area contributed by atoms with E-state index in [-0.39, 0.29) is 0 Å². The Kier molecular flexibility index (Phi) is 4.04. The molecule has 0 aliphatic carbocycles. The molecule has 1 aromatic carbocycles. The van der Waals surface area contributed by atoms with Crippen LogP contribution in [0.1, 0.15) is 28.6 Å². The van der Waals surface area contributed by atoms with Crippen LogP contribution >= 0.6 is 15.9 Å². The molecule has 0 amide bonds. The highest BCUT2D eigenvalue weighted by Gasteiger charge is 2.22. The molecule has 0 fully saturated rings. The first-order valence-electron chi connectivity index (χ1n) is 5.94. The van der Waals surface area contributed by atoms with Crippen molar-refractivity contribution < 1.29 is 14.1 Å². The van der Waals surface area contributed by atoms with Crippen LogP contribution in [0.4, 0.5) is 0 Å². The van der Waals surface area contributed by atoms with Crippen molar-refractivity contribution in [3.8, 4) is 11.3 Å². The number of ether oxygens (including phenoxy) is 1. The van der Waals surface area contributed by atoms with E-state index in [1.807, 2.05) is 25.1 Å². The lowest BCUT2D eigenvalue weighted by molar-refractivity contribution is 0.0525. The SMILES string of the molecule is CCOC(=O)c1c(-c2ccc(Br)c(C)c2)noc1C. The Bertz CT molecular complexity index is 619. The molecule has 19 heavy (non-hydrogen) atoms. The molecule has 4 nitrogen and oxygen atoms in total. The van der Waals surface area contributed by atoms with Gasteiger partial charge in [-0.15, -0.1) is 0 Å². The lowest BCUT2D eigenvalue weighted by Gasteiger charge is -2.04. The van der Waals surface area contributed by atoms with Crippen molar-refractivity contribution in [2.75, 3.05) is 6.61 Å². The molecule has 0 aliphatic heterocycles. The molecule has 0 N–H and O–H groups in total. The summed E-state index contributed by atoms with van der Waals surface area (Å²) in [5.74, 6) is 0.0610. The zero-order valence-corrected chi connectivity index (χ0v) is 12.6. The number of aromatic nitrogens is 1. The second kappa shape index (κ2) is 5.57. The predicted octanol–water partition coefficient (Wildman–Crippen LogP) is 3.90. The third-order valence-corrected chi connectivity index (χ3v) is 3.66. The minimum atomic E-state index is -0.406. The Morgan fingerprint density at radius 2 is 2.16 bits per heavy atom. The van der Waals surface area contributed by atoms with E-state index in [1.165, 1.54) is 0 Å². The topological polar surface area (TPSA) is 52.3 Å². The second-order valence-electron chi connectivity index (χ2n) is 4.15. The van der Waals surface area contributed by atoms with Crippen LogP contribution in [0.5, 0.6) is 0 Å². The average Bonchev–Trinajstić information content (AvgIpc) is 2.75. The summed E-state index contributed by atoms with van der Waals surface area (Å²) in [7, 11) is 0. The molecule has 100 valence electrons. The molecule has 0 saturated heterocycles. The fourth-order valence-electron chi connectivity index (χ4n) is 1.80. The van der Waals surface area contributed by atoms with Gasteiger partial charge >= 0.3 is 5.97 Å². The van der Waals surface area contributed by atoms with Gasteiger partial charge < -0.3 is 9.26 Å². The quantitative estimate of drug-likeness (QED) is 0.804. The van der Waals surface area contributed by atoms with Gasteiger partial charge in [-0.1, -0.05) is 27.2 Å². The van der Waals surface area contributed by atoms with Crippen molar-refractivity contribution in [2.24, 2.45) is 0 Å². The van der Waals surface area contributed by atoms with Crippen LogP contribution in [-0.4, -0.2) is 17.7 Å². The number of esters is 1. The summed E-state index contributed by atoms with van der Waals surface area (Å²) in [4.78, 5) is 11.9. The Labute approximate surface area is 119 Å². The highest BCUT2D eigenvalue weighted by atomic mass is 79.9. The van der Waals surface area contributed by atoms with Gasteiger partial charge in [0.15, 0.2) is 0 Å². The minimum Gasteiger partial charge on any atom is -0.462 e. The summed E-state index contributed by atoms with van der Waals surface area (Å²) >= 11 is 3.44. The first-order chi connectivity index (χ1) is 9.04. The first kappa shape index (κ1) is 13.8. The lowest BCUT2D eigenvalue weighted by Crippen LogP contribution is -2.06. The van der Waals surface area contributed by atoms with E-state index in [1.54, 1.807) is 13.8 Å². The largest absolute Gasteiger partial charge is 0.462 e. The van der Waals surface area contributed by atoms with Gasteiger partial charge in [-0.3, -0.25) is 0 Å². The van der Waals surface area contributed by atoms with Gasteiger partial charge in [-0.25, -0.2) is 4.79 Å². The van der Waals surface area contributed by atoms with Crippen LogP contribution in [0.25, 0.3) is 11.3 Å². The Hall–Kier alpha value is -1.62. The van der Waals surface area contributed by atoms with Crippen molar-refractivity contribution in [3.05, 3.63) is 39.6 Å². The highest BCUT2D eigenvalue weighted by Crippen LogP contribution is 2.29. The lowest BCUT2D eigenvalue weighted by atomic mass is 10.0. The fourth-order valence-corrected chi connectivity index (χ4v) is 2.05. The van der Waals surface area contributed by atoms with Crippen LogP contribution in [0, 0.1) is 13.8 Å². The Morgan fingerprint density at radius 1 is 1.42 bits per heavy atom. The third-order valence-electron chi connectivity index (χ3n) is 2.77. The van der Waals surface area contributed by atoms with Gasteiger partial charge in [0.2, 0.25) is 0 Å². The van der Waals surface area contributed by atoms with E-state index in [2.05, 4.69) is 21.1 Å². The third kappa shape index (κ3) is 2.71. The molecule has 1 heterocycles. The molecule has 0 radical (unpaired) electrons. The molecule has 0 saturated carbocycles. The van der Waals surface area contributed by atoms with Crippen LogP contribution in [0.3, 0.4) is 0 Å². The smallest absolute Gasteiger partial charge is 0.344 e. The molecule has 0 atom stereocenters. The second-order valence-corrected chi connectivity index (χ2v) is 5.00. The maximum atomic E-state index is 11.9. The van der Waals surface area contributed by atoms with Crippen LogP contribution in [0.2, 0.25) is 0 Å². The molecule has 2 rings (SSSR count). The summed E-state index contributed by atoms with van der Waals surface area (Å²) in [5, 5.41) is 3.97. The fraction of sp³-hybridized carbons (Fsp3) is 0.286. The molecular weight excluding hydrogens is 310 g/mol. The molecule has 0 unspecified atom stereocenters. The summed E-state index contributed by atoms with van der Waals surface area (Å²) < 4.78 is 11.2. The van der Waals surface area contributed by atoms with Gasteiger partial charge in [0.25, 0.3) is 0 Å². The van der Waals surface area contributed by atoms with E-state index in [9.17, 15) is 4.79 Å². The number of carbonyl (C=O) groups is 1. The Balaban J connectivity index is 2.50. The van der Waals surface area contributed by atoms with E-state index < -0.39 is 5.97 Å². The molecule has 0 spiro atoms. The minimum absolute atomic E-state index is 0.322. The van der Waals surface area contributed by atoms with Gasteiger partial charge in [-0.2, -0.15) is 0 Å². The predicted molar refractivity (Wildman–Crippen MR) is 75.1 cm³/mol. The monoisotopic (exact) mass is 323 g/mol. The first-order valence-corrected chi connectivity index (χ1v) is 6.73. The summed E-state index contributed by atoms with van der Waals surface area (Å²) in [6.07, 6.45) is 0. The standard InChI is InChI=1S/C14H14BrNO3/c1-4-18-14(17)12-9(3)19-16-13(12)10-5-6-11(15)8(2)7-10/h5-7H,4H2,1-3H3. The summed E-state index contributed by atoms with van der Waals surface area (Å²) in [6.45, 7) is 5.77. The van der Waals surface area contributed by atoms with Gasteiger partial charge in [0.05, 0.1) is 6.61 Å². The van der Waals surface area contributed by atoms with E-state index in [4.69, 9.17) is 9.26 Å². The van der Waals surface area contributed by atoms with E-state index in [0.29, 0.717) is 23.6 Å². The van der Waals surface area contributed by atoms with Crippen molar-refractivity contribution >= 4 is 21.9 Å². The number of aryl methyl sites for hydroxylation is 2. The van der Waals surface area contributed by atoms with Crippen molar-refractivity contribution in [1.82, 2.24) is 5.16 Å². The average molecular weight is 324 g/mol. The van der Waals surface area contributed by atoms with Gasteiger partial charge in [-0.05, 0) is 38.5 Å². The molecular formula is C14H14BrNO3. The number of hydrogen-bond donors (Lipinski definition) is 0. The van der Waals surface area contributed by atoms with Crippen molar-refractivity contribution in [1.29, 1.82) is 0 Å². The molecule has 0 bridgehead atoms. The molecule has 1 aromatic heterocycles. The normalized spacial score (nSPS) is 10.5. The molecule has 0 aliphatic rings. The molecule has 2 aromatic rings. The maximum absolute atomic E-state index is 11.9. The van der Waals surface area contributed by atoms with E-state index in [0.717, 1.165) is 15.6 Å². The highest BCUT2D eigenvalue weighted by molar-refractivity contribution is 9.10. The molecule has 5 heteroatoms. The number of halogens is 1. The number of carbonyl (C=O) groups excluding carboxylic acids is 1. The summed E-state index contributed by atoms with van der Waals surface area (Å²) in [6, 6.07) is 5.75. The number of hydrogen-bond acceptors (Lipinski definition) is 4. The van der Waals surface area contributed by atoms with Gasteiger partial charge in [0.1, 0.15) is 17.0 Å². The van der Waals surface area contributed by atoms with Crippen LogP contribution < -0.4 is 0 Å².